The molecule has 3 nitrogen and oxygen atoms in total. The molecule has 0 N–H and O–H groups in total. The van der Waals surface area contributed by atoms with Gasteiger partial charge in [-0.3, -0.25) is 4.57 Å². The number of aryl methyl sites for hydroxylation is 1. The molecule has 1 aromatic heterocycles. The molecule has 0 aliphatic rings. The van der Waals surface area contributed by atoms with Gasteiger partial charge >= 0.3 is 5.69 Å². The van der Waals surface area contributed by atoms with E-state index in [1.54, 1.807) is 17.8 Å². The van der Waals surface area contributed by atoms with Crippen LogP contribution in [0.15, 0.2) is 11.0 Å². The quantitative estimate of drug-likeness (QED) is 0.604. The topological polar surface area (TPSA) is 34.9 Å². The SMILES string of the molecule is Cc1cnc(=O)n(C)c1C(C)(C)C. The van der Waals surface area contributed by atoms with Gasteiger partial charge in [0, 0.05) is 24.4 Å². The molecule has 0 aliphatic carbocycles. The maximum absolute atomic E-state index is 11.3. The summed E-state index contributed by atoms with van der Waals surface area (Å²) in [6.45, 7) is 8.26. The molecule has 0 saturated carbocycles. The van der Waals surface area contributed by atoms with Crippen molar-refractivity contribution in [2.45, 2.75) is 33.1 Å². The van der Waals surface area contributed by atoms with E-state index in [9.17, 15) is 4.79 Å². The van der Waals surface area contributed by atoms with Crippen molar-refractivity contribution < 1.29 is 0 Å². The van der Waals surface area contributed by atoms with Crippen molar-refractivity contribution in [1.29, 1.82) is 0 Å². The van der Waals surface area contributed by atoms with Gasteiger partial charge in [0.25, 0.3) is 0 Å². The van der Waals surface area contributed by atoms with Crippen LogP contribution < -0.4 is 5.69 Å². The van der Waals surface area contributed by atoms with Crippen LogP contribution in [0.5, 0.6) is 0 Å². The highest BCUT2D eigenvalue weighted by molar-refractivity contribution is 5.22. The summed E-state index contributed by atoms with van der Waals surface area (Å²) < 4.78 is 1.62. The summed E-state index contributed by atoms with van der Waals surface area (Å²) in [5.74, 6) is 0. The second-order valence-corrected chi connectivity index (χ2v) is 4.38. The van der Waals surface area contributed by atoms with Crippen LogP contribution in [-0.4, -0.2) is 9.55 Å². The molecule has 1 rings (SSSR count). The van der Waals surface area contributed by atoms with E-state index in [4.69, 9.17) is 0 Å². The van der Waals surface area contributed by atoms with Gasteiger partial charge in [-0.1, -0.05) is 20.8 Å². The van der Waals surface area contributed by atoms with E-state index in [2.05, 4.69) is 25.8 Å². The number of rotatable bonds is 0. The third kappa shape index (κ3) is 1.79. The maximum atomic E-state index is 11.3. The van der Waals surface area contributed by atoms with Gasteiger partial charge in [0.2, 0.25) is 0 Å². The number of hydrogen-bond donors (Lipinski definition) is 0. The lowest BCUT2D eigenvalue weighted by Crippen LogP contribution is -2.30. The average Bonchev–Trinajstić information content (AvgIpc) is 1.95. The monoisotopic (exact) mass is 180 g/mol. The smallest absolute Gasteiger partial charge is 0.299 e. The van der Waals surface area contributed by atoms with Crippen molar-refractivity contribution in [3.8, 4) is 0 Å². The van der Waals surface area contributed by atoms with E-state index >= 15 is 0 Å². The Morgan fingerprint density at radius 3 is 2.31 bits per heavy atom. The van der Waals surface area contributed by atoms with Gasteiger partial charge in [0.1, 0.15) is 0 Å². The summed E-state index contributed by atoms with van der Waals surface area (Å²) in [5, 5.41) is 0. The minimum Gasteiger partial charge on any atom is -0.299 e. The average molecular weight is 180 g/mol. The van der Waals surface area contributed by atoms with Gasteiger partial charge in [0.15, 0.2) is 0 Å². The first-order valence-electron chi connectivity index (χ1n) is 4.37. The van der Waals surface area contributed by atoms with Crippen LogP contribution in [0.3, 0.4) is 0 Å². The van der Waals surface area contributed by atoms with Crippen LogP contribution in [0.1, 0.15) is 32.0 Å². The summed E-state index contributed by atoms with van der Waals surface area (Å²) in [4.78, 5) is 15.1. The third-order valence-corrected chi connectivity index (χ3v) is 2.07. The molecule has 0 radical (unpaired) electrons. The van der Waals surface area contributed by atoms with Crippen LogP contribution in [0, 0.1) is 6.92 Å². The largest absolute Gasteiger partial charge is 0.347 e. The first kappa shape index (κ1) is 9.96. The van der Waals surface area contributed by atoms with E-state index in [0.717, 1.165) is 11.3 Å². The van der Waals surface area contributed by atoms with Crippen LogP contribution >= 0.6 is 0 Å². The highest BCUT2D eigenvalue weighted by Gasteiger charge is 2.19. The zero-order valence-electron chi connectivity index (χ0n) is 8.88. The van der Waals surface area contributed by atoms with Crippen LogP contribution in [-0.2, 0) is 12.5 Å². The second kappa shape index (κ2) is 2.98. The third-order valence-electron chi connectivity index (χ3n) is 2.07. The lowest BCUT2D eigenvalue weighted by atomic mass is 9.89. The lowest BCUT2D eigenvalue weighted by Gasteiger charge is -2.23. The first-order chi connectivity index (χ1) is 5.84. The van der Waals surface area contributed by atoms with E-state index < -0.39 is 0 Å². The molecular formula is C10H16N2O. The molecule has 72 valence electrons. The van der Waals surface area contributed by atoms with Crippen LogP contribution in [0.2, 0.25) is 0 Å². The molecular weight excluding hydrogens is 164 g/mol. The molecule has 0 saturated heterocycles. The Morgan fingerprint density at radius 1 is 1.38 bits per heavy atom. The summed E-state index contributed by atoms with van der Waals surface area (Å²) >= 11 is 0. The van der Waals surface area contributed by atoms with Gasteiger partial charge in [-0.2, -0.15) is 0 Å². The van der Waals surface area contributed by atoms with Crippen molar-refractivity contribution in [2.24, 2.45) is 7.05 Å². The van der Waals surface area contributed by atoms with Gasteiger partial charge < -0.3 is 0 Å². The van der Waals surface area contributed by atoms with E-state index in [-0.39, 0.29) is 11.1 Å². The van der Waals surface area contributed by atoms with Gasteiger partial charge in [-0.15, -0.1) is 0 Å². The van der Waals surface area contributed by atoms with Gasteiger partial charge in [-0.05, 0) is 12.5 Å². The normalized spacial score (nSPS) is 11.8. The molecule has 3 heteroatoms. The van der Waals surface area contributed by atoms with E-state index in [1.807, 2.05) is 6.92 Å². The Balaban J connectivity index is 3.52. The molecule has 1 heterocycles. The van der Waals surface area contributed by atoms with Crippen LogP contribution in [0.25, 0.3) is 0 Å². The zero-order valence-corrected chi connectivity index (χ0v) is 8.88. The number of aromatic nitrogens is 2. The summed E-state index contributed by atoms with van der Waals surface area (Å²) in [7, 11) is 1.77. The van der Waals surface area contributed by atoms with E-state index in [0.29, 0.717) is 0 Å². The summed E-state index contributed by atoms with van der Waals surface area (Å²) in [6, 6.07) is 0. The lowest BCUT2D eigenvalue weighted by molar-refractivity contribution is 0.519. The van der Waals surface area contributed by atoms with Gasteiger partial charge in [0.05, 0.1) is 0 Å². The molecule has 0 aliphatic heterocycles. The highest BCUT2D eigenvalue weighted by Crippen LogP contribution is 2.22. The highest BCUT2D eigenvalue weighted by atomic mass is 16.1. The Labute approximate surface area is 78.4 Å². The molecule has 0 aromatic carbocycles. The van der Waals surface area contributed by atoms with Crippen molar-refractivity contribution in [1.82, 2.24) is 9.55 Å². The Bertz CT molecular complexity index is 371. The molecule has 0 fully saturated rings. The maximum Gasteiger partial charge on any atom is 0.347 e. The Morgan fingerprint density at radius 2 is 1.92 bits per heavy atom. The minimum atomic E-state index is -0.185. The van der Waals surface area contributed by atoms with Crippen molar-refractivity contribution >= 4 is 0 Å². The minimum absolute atomic E-state index is 0.0130. The molecule has 1 aromatic rings. The summed E-state index contributed by atoms with van der Waals surface area (Å²) in [5.41, 5.74) is 1.92. The zero-order chi connectivity index (χ0) is 10.2. The number of nitrogens with zero attached hydrogens (tertiary/aromatic N) is 2. The van der Waals surface area contributed by atoms with Crippen molar-refractivity contribution in [3.63, 3.8) is 0 Å². The molecule has 13 heavy (non-hydrogen) atoms. The van der Waals surface area contributed by atoms with Crippen molar-refractivity contribution in [3.05, 3.63) is 27.9 Å². The van der Waals surface area contributed by atoms with Crippen LogP contribution in [0.4, 0.5) is 0 Å². The van der Waals surface area contributed by atoms with Gasteiger partial charge in [-0.25, -0.2) is 9.78 Å². The number of hydrogen-bond acceptors (Lipinski definition) is 2. The fourth-order valence-corrected chi connectivity index (χ4v) is 1.75. The molecule has 0 unspecified atom stereocenters. The standard InChI is InChI=1S/C10H16N2O/c1-7-6-11-9(13)12(5)8(7)10(2,3)4/h6H,1-5H3. The van der Waals surface area contributed by atoms with E-state index in [1.165, 1.54) is 0 Å². The molecule has 0 amide bonds. The second-order valence-electron chi connectivity index (χ2n) is 4.38. The Kier molecular flexibility index (Phi) is 2.28. The predicted octanol–water partition coefficient (Wildman–Crippen LogP) is 1.39. The molecule has 0 spiro atoms. The fraction of sp³-hybridized carbons (Fsp3) is 0.600. The van der Waals surface area contributed by atoms with Crippen molar-refractivity contribution in [2.75, 3.05) is 0 Å². The fourth-order valence-electron chi connectivity index (χ4n) is 1.75. The Hall–Kier alpha value is -1.12. The molecule has 0 atom stereocenters. The first-order valence-corrected chi connectivity index (χ1v) is 4.37. The predicted molar refractivity (Wildman–Crippen MR) is 52.9 cm³/mol. The molecule has 0 bridgehead atoms. The summed E-state index contributed by atoms with van der Waals surface area (Å²) in [6.07, 6.45) is 1.64.